The van der Waals surface area contributed by atoms with E-state index in [0.717, 1.165) is 6.42 Å². The normalized spacial score (nSPS) is 27.9. The maximum atomic E-state index is 11.5. The second-order valence-electron chi connectivity index (χ2n) is 6.55. The second-order valence-corrected chi connectivity index (χ2v) is 6.55. The van der Waals surface area contributed by atoms with Crippen LogP contribution in [0.15, 0.2) is 16.9 Å². The first kappa shape index (κ1) is 15.9. The maximum absolute atomic E-state index is 11.5. The summed E-state index contributed by atoms with van der Waals surface area (Å²) in [5, 5.41) is 6.79. The molecule has 5 heteroatoms. The molecule has 0 radical (unpaired) electrons. The summed E-state index contributed by atoms with van der Waals surface area (Å²) < 4.78 is 4.96. The van der Waals surface area contributed by atoms with Crippen LogP contribution < -0.4 is 0 Å². The number of nitrogens with zero attached hydrogens (tertiary/aromatic N) is 3. The minimum absolute atomic E-state index is 0.233. The van der Waals surface area contributed by atoms with Crippen LogP contribution in [0, 0.1) is 11.8 Å². The summed E-state index contributed by atoms with van der Waals surface area (Å²) in [6, 6.07) is 0.773. The highest BCUT2D eigenvalue weighted by atomic mass is 16.6. The van der Waals surface area contributed by atoms with Crippen molar-refractivity contribution in [2.75, 3.05) is 13.2 Å². The first-order valence-electron chi connectivity index (χ1n) is 7.86. The smallest absolute Gasteiger partial charge is 0.413 e. The first-order chi connectivity index (χ1) is 9.90. The molecule has 0 bridgehead atoms. The van der Waals surface area contributed by atoms with Crippen molar-refractivity contribution in [1.29, 1.82) is 0 Å². The van der Waals surface area contributed by atoms with E-state index in [-0.39, 0.29) is 6.09 Å². The van der Waals surface area contributed by atoms with E-state index in [1.165, 1.54) is 5.57 Å². The van der Waals surface area contributed by atoms with Gasteiger partial charge in [-0.25, -0.2) is 4.79 Å². The van der Waals surface area contributed by atoms with Gasteiger partial charge in [-0.15, -0.1) is 0 Å². The van der Waals surface area contributed by atoms with Crippen molar-refractivity contribution >= 4 is 12.3 Å². The van der Waals surface area contributed by atoms with Gasteiger partial charge < -0.3 is 4.74 Å². The Morgan fingerprint density at radius 3 is 2.48 bits per heavy atom. The van der Waals surface area contributed by atoms with Gasteiger partial charge in [0.1, 0.15) is 6.61 Å². The van der Waals surface area contributed by atoms with Crippen LogP contribution >= 0.6 is 0 Å². The summed E-state index contributed by atoms with van der Waals surface area (Å²) in [6.45, 7) is 12.0. The van der Waals surface area contributed by atoms with E-state index in [2.05, 4.69) is 44.7 Å². The Kier molecular flexibility index (Phi) is 4.91. The lowest BCUT2D eigenvalue weighted by molar-refractivity contribution is 0.165. The number of ether oxygens (including phenoxy) is 1. The molecule has 1 saturated carbocycles. The lowest BCUT2D eigenvalue weighted by atomic mass is 9.71. The first-order valence-corrected chi connectivity index (χ1v) is 7.86. The second kappa shape index (κ2) is 6.50. The summed E-state index contributed by atoms with van der Waals surface area (Å²) in [4.78, 5) is 13.2. The molecule has 2 fully saturated rings. The van der Waals surface area contributed by atoms with Crippen LogP contribution in [-0.2, 0) is 4.74 Å². The fraction of sp³-hybridized carbons (Fsp3) is 0.750. The zero-order chi connectivity index (χ0) is 15.6. The summed E-state index contributed by atoms with van der Waals surface area (Å²) in [7, 11) is 0. The van der Waals surface area contributed by atoms with Crippen LogP contribution in [0.25, 0.3) is 0 Å². The third-order valence-corrected chi connectivity index (χ3v) is 4.13. The number of carbonyl (C=O) groups is 1. The third-order valence-electron chi connectivity index (χ3n) is 4.13. The molecule has 0 aromatic rings. The lowest BCUT2D eigenvalue weighted by Gasteiger charge is -2.36. The number of hydrogen-bond donors (Lipinski definition) is 0. The molecule has 0 N–H and O–H groups in total. The Morgan fingerprint density at radius 1 is 1.33 bits per heavy atom. The zero-order valence-corrected chi connectivity index (χ0v) is 13.7. The van der Waals surface area contributed by atoms with Crippen molar-refractivity contribution in [3.05, 3.63) is 11.8 Å². The molecule has 0 unspecified atom stereocenters. The molecule has 2 rings (SSSR count). The van der Waals surface area contributed by atoms with Gasteiger partial charge in [0.25, 0.3) is 0 Å². The Balaban J connectivity index is 2.04. The topological polar surface area (TPSA) is 45.1 Å². The van der Waals surface area contributed by atoms with E-state index in [1.807, 2.05) is 12.4 Å². The number of hydrogen-bond acceptors (Lipinski definition) is 4. The molecule has 0 spiro atoms. The Hall–Kier alpha value is -1.52. The molecule has 2 atom stereocenters. The quantitative estimate of drug-likeness (QED) is 0.578. The maximum Gasteiger partial charge on any atom is 0.413 e. The average Bonchev–Trinajstić information content (AvgIpc) is 2.78. The standard InChI is InChI=1S/C16H27N3O2/c1-11(2)19(12(3)4)17-9-15-13(5)8-14(15)10-18-6-7-21-16(18)20/h9-13,15H,6-8H2,1-5H3/b14-10-,17-9+/t13-,15+/m0/s1. The third kappa shape index (κ3) is 3.57. The molecule has 1 heterocycles. The van der Waals surface area contributed by atoms with Crippen molar-refractivity contribution < 1.29 is 9.53 Å². The van der Waals surface area contributed by atoms with Gasteiger partial charge >= 0.3 is 6.09 Å². The molecular weight excluding hydrogens is 266 g/mol. The van der Waals surface area contributed by atoms with E-state index in [1.54, 1.807) is 4.90 Å². The molecule has 1 saturated heterocycles. The van der Waals surface area contributed by atoms with E-state index in [4.69, 9.17) is 4.74 Å². The van der Waals surface area contributed by atoms with Crippen LogP contribution in [0.2, 0.25) is 0 Å². The summed E-state index contributed by atoms with van der Waals surface area (Å²) >= 11 is 0. The SMILES string of the molecule is CC(C)N(/N=C/[C@H]1/C(=C\N2CCOC2=O)C[C@@H]1C)C(C)C. The van der Waals surface area contributed by atoms with Crippen molar-refractivity contribution in [1.82, 2.24) is 9.91 Å². The summed E-state index contributed by atoms with van der Waals surface area (Å²) in [5.41, 5.74) is 1.28. The largest absolute Gasteiger partial charge is 0.447 e. The van der Waals surface area contributed by atoms with Gasteiger partial charge in [-0.2, -0.15) is 5.10 Å². The van der Waals surface area contributed by atoms with Crippen molar-refractivity contribution in [2.24, 2.45) is 16.9 Å². The van der Waals surface area contributed by atoms with E-state index in [0.29, 0.717) is 37.1 Å². The van der Waals surface area contributed by atoms with Crippen molar-refractivity contribution in [3.8, 4) is 0 Å². The number of cyclic esters (lactones) is 1. The number of rotatable bonds is 5. The Labute approximate surface area is 127 Å². The van der Waals surface area contributed by atoms with Crippen LogP contribution in [0.4, 0.5) is 4.79 Å². The highest BCUT2D eigenvalue weighted by Crippen LogP contribution is 2.39. The number of amides is 1. The molecule has 21 heavy (non-hydrogen) atoms. The van der Waals surface area contributed by atoms with Crippen LogP contribution in [0.1, 0.15) is 41.0 Å². The van der Waals surface area contributed by atoms with Crippen LogP contribution in [0.5, 0.6) is 0 Å². The molecule has 1 aliphatic heterocycles. The summed E-state index contributed by atoms with van der Waals surface area (Å²) in [5.74, 6) is 0.915. The minimum atomic E-state index is -0.233. The van der Waals surface area contributed by atoms with Gasteiger partial charge in [0.15, 0.2) is 0 Å². The van der Waals surface area contributed by atoms with Crippen molar-refractivity contribution in [2.45, 2.75) is 53.1 Å². The predicted molar refractivity (Wildman–Crippen MR) is 84.0 cm³/mol. The highest BCUT2D eigenvalue weighted by molar-refractivity contribution is 5.72. The zero-order valence-electron chi connectivity index (χ0n) is 13.7. The van der Waals surface area contributed by atoms with E-state index >= 15 is 0 Å². The van der Waals surface area contributed by atoms with E-state index < -0.39 is 0 Å². The fourth-order valence-electron chi connectivity index (χ4n) is 2.96. The molecule has 2 aliphatic rings. The van der Waals surface area contributed by atoms with Gasteiger partial charge in [0, 0.05) is 30.4 Å². The van der Waals surface area contributed by atoms with E-state index in [9.17, 15) is 4.79 Å². The van der Waals surface area contributed by atoms with Gasteiger partial charge in [0.05, 0.1) is 6.54 Å². The van der Waals surface area contributed by atoms with Gasteiger partial charge in [-0.1, -0.05) is 6.92 Å². The summed E-state index contributed by atoms with van der Waals surface area (Å²) in [6.07, 6.45) is 4.80. The minimum Gasteiger partial charge on any atom is -0.447 e. The van der Waals surface area contributed by atoms with Gasteiger partial charge in [-0.3, -0.25) is 9.91 Å². The lowest BCUT2D eigenvalue weighted by Crippen LogP contribution is -2.35. The van der Waals surface area contributed by atoms with Gasteiger partial charge in [-0.05, 0) is 45.6 Å². The molecule has 0 aromatic carbocycles. The molecular formula is C16H27N3O2. The fourth-order valence-corrected chi connectivity index (χ4v) is 2.96. The highest BCUT2D eigenvalue weighted by Gasteiger charge is 2.33. The predicted octanol–water partition coefficient (Wildman–Crippen LogP) is 3.08. The molecule has 1 aliphatic carbocycles. The van der Waals surface area contributed by atoms with Gasteiger partial charge in [0.2, 0.25) is 0 Å². The number of hydrazone groups is 1. The van der Waals surface area contributed by atoms with Crippen LogP contribution in [-0.4, -0.2) is 47.5 Å². The molecule has 118 valence electrons. The average molecular weight is 293 g/mol. The Morgan fingerprint density at radius 2 is 2.00 bits per heavy atom. The van der Waals surface area contributed by atoms with Crippen molar-refractivity contribution in [3.63, 3.8) is 0 Å². The monoisotopic (exact) mass is 293 g/mol. The molecule has 1 amide bonds. The van der Waals surface area contributed by atoms with Crippen LogP contribution in [0.3, 0.4) is 0 Å². The molecule has 5 nitrogen and oxygen atoms in total. The Bertz CT molecular complexity index is 435. The number of allylic oxidation sites excluding steroid dienone is 1. The number of carbonyl (C=O) groups excluding carboxylic acids is 1. The molecule has 0 aromatic heterocycles.